The van der Waals surface area contributed by atoms with Gasteiger partial charge in [-0.1, -0.05) is 0 Å². The molecule has 2 fully saturated rings. The van der Waals surface area contributed by atoms with Gasteiger partial charge in [-0.15, -0.1) is 0 Å². The number of nitrogens with zero attached hydrogens (tertiary/aromatic N) is 1. The summed E-state index contributed by atoms with van der Waals surface area (Å²) in [6.45, 7) is 0.639. The van der Waals surface area contributed by atoms with E-state index in [1.165, 1.54) is 12.1 Å². The summed E-state index contributed by atoms with van der Waals surface area (Å²) >= 11 is 0. The van der Waals surface area contributed by atoms with Gasteiger partial charge in [0, 0.05) is 18.3 Å². The first kappa shape index (κ1) is 14.2. The van der Waals surface area contributed by atoms with Crippen LogP contribution in [0.5, 0.6) is 0 Å². The highest BCUT2D eigenvalue weighted by Gasteiger charge is 2.40. The van der Waals surface area contributed by atoms with Crippen molar-refractivity contribution < 1.29 is 23.1 Å². The molecule has 0 atom stereocenters. The number of carboxylic acids is 1. The molecule has 0 spiro atoms. The van der Waals surface area contributed by atoms with Crippen LogP contribution >= 0.6 is 0 Å². The predicted molar refractivity (Wildman–Crippen MR) is 71.5 cm³/mol. The van der Waals surface area contributed by atoms with Gasteiger partial charge in [0.1, 0.15) is 0 Å². The van der Waals surface area contributed by atoms with E-state index in [0.29, 0.717) is 12.5 Å². The van der Waals surface area contributed by atoms with Crippen molar-refractivity contribution in [3.63, 3.8) is 0 Å². The molecule has 0 bridgehead atoms. The van der Waals surface area contributed by atoms with Gasteiger partial charge in [0.2, 0.25) is 0 Å². The van der Waals surface area contributed by atoms with Crippen molar-refractivity contribution in [2.75, 3.05) is 11.4 Å². The van der Waals surface area contributed by atoms with Crippen LogP contribution in [0.3, 0.4) is 0 Å². The average Bonchev–Trinajstić information content (AvgIpc) is 3.26. The van der Waals surface area contributed by atoms with Gasteiger partial charge in [0.05, 0.1) is 11.1 Å². The van der Waals surface area contributed by atoms with E-state index in [2.05, 4.69) is 0 Å². The van der Waals surface area contributed by atoms with Gasteiger partial charge in [-0.3, -0.25) is 0 Å². The molecule has 0 radical (unpaired) electrons. The third kappa shape index (κ3) is 3.14. The molecular weight excluding hydrogens is 283 g/mol. The average molecular weight is 299 g/mol. The number of aromatic carboxylic acids is 1. The van der Waals surface area contributed by atoms with Crippen molar-refractivity contribution in [3.8, 4) is 0 Å². The number of alkyl halides is 3. The van der Waals surface area contributed by atoms with Crippen molar-refractivity contribution in [1.29, 1.82) is 0 Å². The van der Waals surface area contributed by atoms with Crippen molar-refractivity contribution in [2.45, 2.75) is 37.9 Å². The van der Waals surface area contributed by atoms with E-state index in [1.54, 1.807) is 0 Å². The molecule has 3 rings (SSSR count). The van der Waals surface area contributed by atoms with Crippen molar-refractivity contribution >= 4 is 11.7 Å². The molecule has 0 unspecified atom stereocenters. The Hall–Kier alpha value is -1.72. The van der Waals surface area contributed by atoms with E-state index in [1.807, 2.05) is 4.90 Å². The molecule has 1 aromatic rings. The first-order chi connectivity index (χ1) is 9.86. The summed E-state index contributed by atoms with van der Waals surface area (Å²) in [6, 6.07) is 3.49. The summed E-state index contributed by atoms with van der Waals surface area (Å²) in [4.78, 5) is 12.7. The highest BCUT2D eigenvalue weighted by atomic mass is 19.4. The monoisotopic (exact) mass is 299 g/mol. The van der Waals surface area contributed by atoms with E-state index in [-0.39, 0.29) is 17.3 Å². The number of hydrogen-bond acceptors (Lipinski definition) is 2. The largest absolute Gasteiger partial charge is 0.478 e. The number of halogens is 3. The topological polar surface area (TPSA) is 40.5 Å². The molecule has 21 heavy (non-hydrogen) atoms. The van der Waals surface area contributed by atoms with Crippen LogP contribution in [-0.4, -0.2) is 23.7 Å². The summed E-state index contributed by atoms with van der Waals surface area (Å²) in [7, 11) is 0. The maximum Gasteiger partial charge on any atom is 0.418 e. The number of rotatable bonds is 5. The fraction of sp³-hybridized carbons (Fsp3) is 0.533. The molecule has 114 valence electrons. The van der Waals surface area contributed by atoms with Gasteiger partial charge in [0.15, 0.2) is 0 Å². The first-order valence-electron chi connectivity index (χ1n) is 7.07. The van der Waals surface area contributed by atoms with Crippen LogP contribution in [0.1, 0.15) is 41.6 Å². The Balaban J connectivity index is 2.00. The molecule has 6 heteroatoms. The van der Waals surface area contributed by atoms with Gasteiger partial charge >= 0.3 is 12.1 Å². The minimum absolute atomic E-state index is 0.127. The number of carboxylic acid groups (broad SMARTS) is 1. The first-order valence-corrected chi connectivity index (χ1v) is 7.07. The Kier molecular flexibility index (Phi) is 3.34. The summed E-state index contributed by atoms with van der Waals surface area (Å²) in [5.41, 5.74) is -1.04. The van der Waals surface area contributed by atoms with Gasteiger partial charge in [-0.05, 0) is 49.8 Å². The van der Waals surface area contributed by atoms with E-state index in [0.717, 1.165) is 31.7 Å². The zero-order valence-corrected chi connectivity index (χ0v) is 11.4. The molecule has 2 aliphatic rings. The van der Waals surface area contributed by atoms with Crippen LogP contribution in [0.25, 0.3) is 0 Å². The van der Waals surface area contributed by atoms with E-state index < -0.39 is 17.7 Å². The van der Waals surface area contributed by atoms with E-state index >= 15 is 0 Å². The molecule has 1 N–H and O–H groups in total. The lowest BCUT2D eigenvalue weighted by molar-refractivity contribution is -0.137. The van der Waals surface area contributed by atoms with E-state index in [9.17, 15) is 18.0 Å². The van der Waals surface area contributed by atoms with Gasteiger partial charge < -0.3 is 10.0 Å². The Bertz CT molecular complexity index is 563. The molecule has 2 aliphatic carbocycles. The molecular formula is C15H16F3NO2. The van der Waals surface area contributed by atoms with Crippen molar-refractivity contribution in [1.82, 2.24) is 0 Å². The van der Waals surface area contributed by atoms with Crippen LogP contribution in [0, 0.1) is 5.92 Å². The zero-order chi connectivity index (χ0) is 15.2. The SMILES string of the molecule is O=C(O)c1ccc(N(CC2CC2)C2CC2)c(C(F)(F)F)c1. The van der Waals surface area contributed by atoms with Crippen LogP contribution in [0.4, 0.5) is 18.9 Å². The summed E-state index contributed by atoms with van der Waals surface area (Å²) in [5, 5.41) is 8.90. The minimum atomic E-state index is -4.54. The van der Waals surface area contributed by atoms with Crippen LogP contribution < -0.4 is 4.90 Å². The van der Waals surface area contributed by atoms with Gasteiger partial charge in [-0.2, -0.15) is 13.2 Å². The molecule has 0 saturated heterocycles. The second-order valence-corrected chi connectivity index (χ2v) is 5.86. The Morgan fingerprint density at radius 2 is 1.90 bits per heavy atom. The lowest BCUT2D eigenvalue weighted by Crippen LogP contribution is -2.30. The molecule has 0 heterocycles. The fourth-order valence-corrected chi connectivity index (χ4v) is 2.56. The Morgan fingerprint density at radius 1 is 1.24 bits per heavy atom. The quantitative estimate of drug-likeness (QED) is 0.899. The molecule has 2 saturated carbocycles. The smallest absolute Gasteiger partial charge is 0.418 e. The lowest BCUT2D eigenvalue weighted by atomic mass is 10.1. The van der Waals surface area contributed by atoms with E-state index in [4.69, 9.17) is 5.11 Å². The molecule has 3 nitrogen and oxygen atoms in total. The fourth-order valence-electron chi connectivity index (χ4n) is 2.56. The predicted octanol–water partition coefficient (Wildman–Crippen LogP) is 3.78. The standard InChI is InChI=1S/C15H16F3NO2/c16-15(17,18)12-7-10(14(20)21)3-6-13(12)19(11-4-5-11)8-9-1-2-9/h3,6-7,9,11H,1-2,4-5,8H2,(H,20,21). The lowest BCUT2D eigenvalue weighted by Gasteiger charge is -2.28. The number of benzene rings is 1. The van der Waals surface area contributed by atoms with Gasteiger partial charge in [-0.25, -0.2) is 4.79 Å². The maximum atomic E-state index is 13.3. The highest BCUT2D eigenvalue weighted by molar-refractivity contribution is 5.88. The van der Waals surface area contributed by atoms with Gasteiger partial charge in [0.25, 0.3) is 0 Å². The summed E-state index contributed by atoms with van der Waals surface area (Å²) < 4.78 is 39.8. The van der Waals surface area contributed by atoms with Crippen LogP contribution in [0.15, 0.2) is 18.2 Å². The third-order valence-corrected chi connectivity index (χ3v) is 4.00. The number of hydrogen-bond donors (Lipinski definition) is 1. The number of carbonyl (C=O) groups is 1. The van der Waals surface area contributed by atoms with Crippen LogP contribution in [-0.2, 0) is 6.18 Å². The summed E-state index contributed by atoms with van der Waals surface area (Å²) in [5.74, 6) is -0.863. The second-order valence-electron chi connectivity index (χ2n) is 5.86. The Labute approximate surface area is 120 Å². The second kappa shape index (κ2) is 4.93. The molecule has 1 aromatic carbocycles. The molecule has 0 amide bonds. The Morgan fingerprint density at radius 3 is 2.38 bits per heavy atom. The maximum absolute atomic E-state index is 13.3. The normalized spacial score (nSPS) is 18.6. The summed E-state index contributed by atoms with van der Waals surface area (Å²) in [6.07, 6.45) is -0.595. The highest BCUT2D eigenvalue weighted by Crippen LogP contribution is 2.43. The minimum Gasteiger partial charge on any atom is -0.478 e. The third-order valence-electron chi connectivity index (χ3n) is 4.00. The molecule has 0 aromatic heterocycles. The number of anilines is 1. The molecule has 0 aliphatic heterocycles. The van der Waals surface area contributed by atoms with Crippen molar-refractivity contribution in [2.24, 2.45) is 5.92 Å². The van der Waals surface area contributed by atoms with Crippen molar-refractivity contribution in [3.05, 3.63) is 29.3 Å². The van der Waals surface area contributed by atoms with Crippen LogP contribution in [0.2, 0.25) is 0 Å². The zero-order valence-electron chi connectivity index (χ0n) is 11.4.